The number of nitrogens with zero attached hydrogens (tertiary/aromatic N) is 1. The van der Waals surface area contributed by atoms with Crippen LogP contribution in [0.15, 0.2) is 18.3 Å². The minimum absolute atomic E-state index is 0.123. The molecule has 0 atom stereocenters. The topological polar surface area (TPSA) is 91.3 Å². The summed E-state index contributed by atoms with van der Waals surface area (Å²) in [6, 6.07) is 3.27. The van der Waals surface area contributed by atoms with Crippen LogP contribution in [0.1, 0.15) is 19.5 Å². The monoisotopic (exact) mass is 273 g/mol. The lowest BCUT2D eigenvalue weighted by atomic mass is 10.1. The summed E-state index contributed by atoms with van der Waals surface area (Å²) in [6.45, 7) is 4.58. The fourth-order valence-electron chi connectivity index (χ4n) is 1.56. The predicted octanol–water partition coefficient (Wildman–Crippen LogP) is 0.205. The third-order valence-corrected chi connectivity index (χ3v) is 3.07. The lowest BCUT2D eigenvalue weighted by molar-refractivity contribution is 0.419. The fraction of sp³-hybridized carbons (Fsp3) is 0.545. The van der Waals surface area contributed by atoms with Crippen LogP contribution >= 0.6 is 0 Å². The Labute approximate surface area is 107 Å². The maximum atomic E-state index is 11.1. The molecule has 7 heteroatoms. The molecule has 0 aliphatic rings. The van der Waals surface area contributed by atoms with Crippen molar-refractivity contribution in [3.05, 3.63) is 24.0 Å². The second kappa shape index (κ2) is 5.64. The van der Waals surface area contributed by atoms with Crippen molar-refractivity contribution in [3.63, 3.8) is 0 Å². The van der Waals surface area contributed by atoms with Gasteiger partial charge >= 0.3 is 0 Å². The molecule has 1 aromatic heterocycles. The van der Waals surface area contributed by atoms with E-state index in [1.807, 2.05) is 0 Å². The van der Waals surface area contributed by atoms with Crippen molar-refractivity contribution in [1.82, 2.24) is 15.0 Å². The zero-order chi connectivity index (χ0) is 13.8. The highest BCUT2D eigenvalue weighted by atomic mass is 32.2. The van der Waals surface area contributed by atoms with Crippen LogP contribution < -0.4 is 10.0 Å². The van der Waals surface area contributed by atoms with E-state index in [-0.39, 0.29) is 5.75 Å². The smallest absolute Gasteiger partial charge is 0.209 e. The molecule has 0 aromatic carbocycles. The Kier molecular flexibility index (Phi) is 4.66. The van der Waals surface area contributed by atoms with Gasteiger partial charge in [-0.2, -0.15) is 0 Å². The quantitative estimate of drug-likeness (QED) is 0.689. The number of aromatic nitrogens is 1. The van der Waals surface area contributed by atoms with Gasteiger partial charge in [0, 0.05) is 18.6 Å². The van der Waals surface area contributed by atoms with Gasteiger partial charge in [-0.15, -0.1) is 0 Å². The van der Waals surface area contributed by atoms with Crippen molar-refractivity contribution < 1.29 is 13.5 Å². The van der Waals surface area contributed by atoms with Crippen molar-refractivity contribution in [2.24, 2.45) is 0 Å². The number of sulfonamides is 1. The van der Waals surface area contributed by atoms with Crippen LogP contribution in [0.3, 0.4) is 0 Å². The van der Waals surface area contributed by atoms with Gasteiger partial charge in [0.15, 0.2) is 0 Å². The van der Waals surface area contributed by atoms with Gasteiger partial charge in [0.25, 0.3) is 0 Å². The minimum atomic E-state index is -3.22. The van der Waals surface area contributed by atoms with Crippen molar-refractivity contribution >= 4 is 10.0 Å². The van der Waals surface area contributed by atoms with Gasteiger partial charge in [-0.25, -0.2) is 13.1 Å². The first-order valence-corrected chi connectivity index (χ1v) is 7.41. The molecule has 0 spiro atoms. The second-order valence-electron chi connectivity index (χ2n) is 4.87. The summed E-state index contributed by atoms with van der Waals surface area (Å²) in [5.74, 6) is 0.123. The number of aromatic hydroxyl groups is 1. The molecular weight excluding hydrogens is 254 g/mol. The van der Waals surface area contributed by atoms with Crippen LogP contribution in [0.4, 0.5) is 0 Å². The molecule has 0 radical (unpaired) electrons. The largest absolute Gasteiger partial charge is 0.506 e. The molecule has 0 aliphatic carbocycles. The molecule has 6 nitrogen and oxygen atoms in total. The molecular formula is C11H19N3O3S. The average Bonchev–Trinajstić information content (AvgIpc) is 2.17. The Bertz CT molecular complexity index is 483. The van der Waals surface area contributed by atoms with E-state index in [1.54, 1.807) is 26.0 Å². The molecule has 0 fully saturated rings. The van der Waals surface area contributed by atoms with Crippen molar-refractivity contribution in [1.29, 1.82) is 0 Å². The van der Waals surface area contributed by atoms with Gasteiger partial charge in [-0.3, -0.25) is 4.98 Å². The van der Waals surface area contributed by atoms with E-state index in [4.69, 9.17) is 5.11 Å². The van der Waals surface area contributed by atoms with Crippen LogP contribution in [0, 0.1) is 0 Å². The summed E-state index contributed by atoms with van der Waals surface area (Å²) in [4.78, 5) is 4.02. The summed E-state index contributed by atoms with van der Waals surface area (Å²) < 4.78 is 24.8. The molecule has 1 heterocycles. The summed E-state index contributed by atoms with van der Waals surface area (Å²) in [5.41, 5.74) is 0.216. The Morgan fingerprint density at radius 1 is 1.39 bits per heavy atom. The Morgan fingerprint density at radius 3 is 2.56 bits per heavy atom. The van der Waals surface area contributed by atoms with Crippen molar-refractivity contribution in [2.45, 2.75) is 25.9 Å². The molecule has 1 rings (SSSR count). The van der Waals surface area contributed by atoms with E-state index in [2.05, 4.69) is 15.0 Å². The summed E-state index contributed by atoms with van der Waals surface area (Å²) in [6.07, 6.45) is 2.51. The molecule has 0 amide bonds. The van der Waals surface area contributed by atoms with E-state index in [0.29, 0.717) is 13.1 Å². The highest BCUT2D eigenvalue weighted by Gasteiger charge is 2.21. The number of pyridine rings is 1. The van der Waals surface area contributed by atoms with E-state index >= 15 is 0 Å². The first-order chi connectivity index (χ1) is 8.18. The van der Waals surface area contributed by atoms with Gasteiger partial charge < -0.3 is 10.4 Å². The van der Waals surface area contributed by atoms with E-state index in [0.717, 1.165) is 11.9 Å². The molecule has 0 unspecified atom stereocenters. The number of rotatable bonds is 6. The lowest BCUT2D eigenvalue weighted by Gasteiger charge is -2.25. The predicted molar refractivity (Wildman–Crippen MR) is 69.7 cm³/mol. The first-order valence-electron chi connectivity index (χ1n) is 5.51. The highest BCUT2D eigenvalue weighted by Crippen LogP contribution is 2.06. The van der Waals surface area contributed by atoms with Gasteiger partial charge in [-0.1, -0.05) is 0 Å². The number of nitrogens with one attached hydrogen (secondary N) is 2. The Morgan fingerprint density at radius 2 is 2.06 bits per heavy atom. The third-order valence-electron chi connectivity index (χ3n) is 2.14. The van der Waals surface area contributed by atoms with E-state index < -0.39 is 15.6 Å². The zero-order valence-electron chi connectivity index (χ0n) is 10.8. The van der Waals surface area contributed by atoms with Crippen molar-refractivity contribution in [3.8, 4) is 5.75 Å². The van der Waals surface area contributed by atoms with Crippen LogP contribution in [-0.4, -0.2) is 36.8 Å². The summed E-state index contributed by atoms with van der Waals surface area (Å²) in [7, 11) is -3.22. The normalized spacial score (nSPS) is 12.6. The van der Waals surface area contributed by atoms with Crippen LogP contribution in [-0.2, 0) is 16.6 Å². The third kappa shape index (κ3) is 5.95. The number of hydrogen-bond acceptors (Lipinski definition) is 5. The second-order valence-corrected chi connectivity index (χ2v) is 6.62. The van der Waals surface area contributed by atoms with E-state index in [9.17, 15) is 8.42 Å². The molecule has 0 bridgehead atoms. The van der Waals surface area contributed by atoms with E-state index in [1.165, 1.54) is 6.20 Å². The Hall–Kier alpha value is -1.18. The summed E-state index contributed by atoms with van der Waals surface area (Å²) in [5, 5.41) is 12.2. The van der Waals surface area contributed by atoms with Gasteiger partial charge in [0.1, 0.15) is 5.75 Å². The molecule has 0 aliphatic heterocycles. The zero-order valence-corrected chi connectivity index (χ0v) is 11.6. The van der Waals surface area contributed by atoms with Gasteiger partial charge in [0.2, 0.25) is 10.0 Å². The molecule has 1 aromatic rings. The minimum Gasteiger partial charge on any atom is -0.506 e. The SMILES string of the molecule is CC(C)(CNCc1ccc(O)cn1)NS(C)(=O)=O. The Balaban J connectivity index is 2.43. The lowest BCUT2D eigenvalue weighted by Crippen LogP contribution is -2.49. The highest BCUT2D eigenvalue weighted by molar-refractivity contribution is 7.88. The average molecular weight is 273 g/mol. The molecule has 0 saturated carbocycles. The van der Waals surface area contributed by atoms with Crippen molar-refractivity contribution in [2.75, 3.05) is 12.8 Å². The maximum Gasteiger partial charge on any atom is 0.209 e. The molecule has 0 saturated heterocycles. The molecule has 18 heavy (non-hydrogen) atoms. The standard InChI is InChI=1S/C11H19N3O3S/c1-11(2,14-18(3,16)17)8-12-6-9-4-5-10(15)7-13-9/h4-5,7,12,14-15H,6,8H2,1-3H3. The van der Waals surface area contributed by atoms with Gasteiger partial charge in [0.05, 0.1) is 18.1 Å². The summed E-state index contributed by atoms with van der Waals surface area (Å²) >= 11 is 0. The van der Waals surface area contributed by atoms with Crippen LogP contribution in [0.2, 0.25) is 0 Å². The fourth-order valence-corrected chi connectivity index (χ4v) is 2.64. The molecule has 102 valence electrons. The van der Waals surface area contributed by atoms with Crippen LogP contribution in [0.5, 0.6) is 5.75 Å². The number of hydrogen-bond donors (Lipinski definition) is 3. The first kappa shape index (κ1) is 14.9. The van der Waals surface area contributed by atoms with Crippen LogP contribution in [0.25, 0.3) is 0 Å². The molecule has 3 N–H and O–H groups in total. The van der Waals surface area contributed by atoms with Gasteiger partial charge in [-0.05, 0) is 26.0 Å². The maximum absolute atomic E-state index is 11.1.